The van der Waals surface area contributed by atoms with Crippen molar-refractivity contribution in [3.05, 3.63) is 78.4 Å². The van der Waals surface area contributed by atoms with E-state index in [-0.39, 0.29) is 17.4 Å². The topological polar surface area (TPSA) is 53.2 Å². The number of benzene rings is 3. The van der Waals surface area contributed by atoms with Crippen molar-refractivity contribution >= 4 is 74.5 Å². The number of rotatable bonds is 5. The van der Waals surface area contributed by atoms with Crippen LogP contribution in [-0.4, -0.2) is 21.0 Å². The zero-order valence-electron chi connectivity index (χ0n) is 15.2. The number of carbonyl (C=O) groups excluding carboxylic acids is 1. The summed E-state index contributed by atoms with van der Waals surface area (Å²) in [5, 5.41) is 10.8. The minimum Gasteiger partial charge on any atom is -0.339 e. The molecule has 0 aliphatic heterocycles. The van der Waals surface area contributed by atoms with E-state index in [4.69, 9.17) is 47.0 Å². The van der Waals surface area contributed by atoms with Crippen molar-refractivity contribution < 1.29 is 4.79 Å². The van der Waals surface area contributed by atoms with Gasteiger partial charge in [0.1, 0.15) is 6.17 Å². The lowest BCUT2D eigenvalue weighted by Crippen LogP contribution is -2.56. The Kier molecular flexibility index (Phi) is 7.19. The minimum absolute atomic E-state index is 0.138. The first kappa shape index (κ1) is 21.7. The van der Waals surface area contributed by atoms with Crippen LogP contribution in [0.2, 0.25) is 0 Å². The molecule has 0 aliphatic carbocycles. The molecule has 3 N–H and O–H groups in total. The van der Waals surface area contributed by atoms with Gasteiger partial charge in [-0.05, 0) is 40.7 Å². The lowest BCUT2D eigenvalue weighted by Gasteiger charge is -2.28. The van der Waals surface area contributed by atoms with Gasteiger partial charge in [-0.25, -0.2) is 0 Å². The molecule has 8 heteroatoms. The lowest BCUT2D eigenvalue weighted by atomic mass is 10.0. The third-order valence-corrected chi connectivity index (χ3v) is 5.05. The van der Waals surface area contributed by atoms with E-state index in [1.807, 2.05) is 72.8 Å². The van der Waals surface area contributed by atoms with Crippen molar-refractivity contribution in [1.29, 1.82) is 0 Å². The second-order valence-corrected chi connectivity index (χ2v) is 9.10. The maximum atomic E-state index is 12.7. The zero-order chi connectivity index (χ0) is 20.9. The number of hydrogen-bond donors (Lipinski definition) is 3. The number of nitrogens with one attached hydrogen (secondary N) is 3. The molecule has 0 fully saturated rings. The van der Waals surface area contributed by atoms with Crippen LogP contribution < -0.4 is 16.0 Å². The van der Waals surface area contributed by atoms with Gasteiger partial charge in [0.25, 0.3) is 0 Å². The molecule has 0 radical (unpaired) electrons. The number of para-hydroxylation sites is 1. The van der Waals surface area contributed by atoms with Gasteiger partial charge in [-0.2, -0.15) is 0 Å². The average Bonchev–Trinajstić information content (AvgIpc) is 2.68. The molecule has 4 nitrogen and oxygen atoms in total. The number of amides is 1. The summed E-state index contributed by atoms with van der Waals surface area (Å²) in [5.74, 6) is -0.298. The van der Waals surface area contributed by atoms with E-state index in [0.717, 1.165) is 22.0 Å². The lowest BCUT2D eigenvalue weighted by molar-refractivity contribution is -0.121. The van der Waals surface area contributed by atoms with Crippen LogP contribution >= 0.6 is 47.0 Å². The van der Waals surface area contributed by atoms with Gasteiger partial charge in [0, 0.05) is 5.69 Å². The normalized spacial score (nSPS) is 12.2. The van der Waals surface area contributed by atoms with E-state index in [9.17, 15) is 4.79 Å². The Morgan fingerprint density at radius 3 is 2.28 bits per heavy atom. The van der Waals surface area contributed by atoms with Crippen LogP contribution in [0.3, 0.4) is 0 Å². The number of fused-ring (bicyclic) bond motifs is 1. The molecule has 3 aromatic carbocycles. The fourth-order valence-electron chi connectivity index (χ4n) is 2.85. The van der Waals surface area contributed by atoms with E-state index >= 15 is 0 Å². The molecule has 0 aliphatic rings. The Morgan fingerprint density at radius 2 is 1.55 bits per heavy atom. The molecule has 150 valence electrons. The van der Waals surface area contributed by atoms with Crippen molar-refractivity contribution in [2.24, 2.45) is 0 Å². The molecule has 0 saturated heterocycles. The summed E-state index contributed by atoms with van der Waals surface area (Å²) in [7, 11) is 0. The van der Waals surface area contributed by atoms with Gasteiger partial charge < -0.3 is 16.0 Å². The number of carbonyl (C=O) groups is 1. The van der Waals surface area contributed by atoms with Crippen LogP contribution in [0, 0.1) is 0 Å². The Labute approximate surface area is 189 Å². The van der Waals surface area contributed by atoms with Crippen molar-refractivity contribution in [1.82, 2.24) is 10.6 Å². The predicted molar refractivity (Wildman–Crippen MR) is 126 cm³/mol. The van der Waals surface area contributed by atoms with Crippen molar-refractivity contribution in [3.63, 3.8) is 0 Å². The Bertz CT molecular complexity index is 1000. The Balaban J connectivity index is 1.68. The quantitative estimate of drug-likeness (QED) is 0.275. The molecule has 29 heavy (non-hydrogen) atoms. The highest BCUT2D eigenvalue weighted by Gasteiger charge is 2.34. The van der Waals surface area contributed by atoms with Gasteiger partial charge in [0.2, 0.25) is 9.70 Å². The summed E-state index contributed by atoms with van der Waals surface area (Å²) in [6.45, 7) is 0. The minimum atomic E-state index is -1.81. The zero-order valence-corrected chi connectivity index (χ0v) is 18.2. The Morgan fingerprint density at radius 1 is 0.897 bits per heavy atom. The van der Waals surface area contributed by atoms with E-state index < -0.39 is 9.96 Å². The van der Waals surface area contributed by atoms with Crippen LogP contribution in [0.5, 0.6) is 0 Å². The fourth-order valence-corrected chi connectivity index (χ4v) is 3.41. The first-order valence-electron chi connectivity index (χ1n) is 8.78. The number of halogens is 3. The monoisotopic (exact) mass is 465 g/mol. The molecule has 0 bridgehead atoms. The van der Waals surface area contributed by atoms with E-state index in [1.165, 1.54) is 0 Å². The maximum Gasteiger partial charge on any atom is 0.228 e. The molecular weight excluding hydrogens is 449 g/mol. The summed E-state index contributed by atoms with van der Waals surface area (Å²) in [6, 6.07) is 23.0. The molecule has 0 heterocycles. The highest BCUT2D eigenvalue weighted by atomic mass is 35.6. The summed E-state index contributed by atoms with van der Waals surface area (Å²) in [4.78, 5) is 12.7. The van der Waals surface area contributed by atoms with Crippen LogP contribution in [0.25, 0.3) is 10.8 Å². The molecule has 0 spiro atoms. The maximum absolute atomic E-state index is 12.7. The summed E-state index contributed by atoms with van der Waals surface area (Å²) in [5.41, 5.74) is 1.66. The van der Waals surface area contributed by atoms with E-state index in [1.54, 1.807) is 0 Å². The molecule has 1 amide bonds. The van der Waals surface area contributed by atoms with Crippen LogP contribution in [-0.2, 0) is 11.2 Å². The van der Waals surface area contributed by atoms with Crippen LogP contribution in [0.1, 0.15) is 5.56 Å². The van der Waals surface area contributed by atoms with E-state index in [0.29, 0.717) is 0 Å². The van der Waals surface area contributed by atoms with Crippen molar-refractivity contribution in [3.8, 4) is 0 Å². The highest BCUT2D eigenvalue weighted by Crippen LogP contribution is 2.29. The SMILES string of the molecule is O=C(Cc1cccc2ccccc12)N[C@H](NC(=S)Nc1ccccc1)C(Cl)(Cl)Cl. The fraction of sp³-hybridized carbons (Fsp3) is 0.143. The van der Waals surface area contributed by atoms with Crippen LogP contribution in [0.4, 0.5) is 5.69 Å². The first-order chi connectivity index (χ1) is 13.8. The molecule has 0 aromatic heterocycles. The molecular formula is C21H18Cl3N3OS. The number of hydrogen-bond acceptors (Lipinski definition) is 2. The number of alkyl halides is 3. The average molecular weight is 467 g/mol. The summed E-state index contributed by atoms with van der Waals surface area (Å²) in [6.07, 6.45) is -0.877. The van der Waals surface area contributed by atoms with Gasteiger partial charge in [-0.1, -0.05) is 95.5 Å². The molecule has 1 atom stereocenters. The van der Waals surface area contributed by atoms with Crippen molar-refractivity contribution in [2.45, 2.75) is 16.4 Å². The number of thiocarbonyl (C=S) groups is 1. The number of anilines is 1. The third kappa shape index (κ3) is 6.21. The third-order valence-electron chi connectivity index (χ3n) is 4.17. The van der Waals surface area contributed by atoms with E-state index in [2.05, 4.69) is 16.0 Å². The first-order valence-corrected chi connectivity index (χ1v) is 10.3. The molecule has 0 unspecified atom stereocenters. The second kappa shape index (κ2) is 9.63. The van der Waals surface area contributed by atoms with Gasteiger partial charge >= 0.3 is 0 Å². The van der Waals surface area contributed by atoms with Gasteiger partial charge in [-0.3, -0.25) is 4.79 Å². The highest BCUT2D eigenvalue weighted by molar-refractivity contribution is 7.80. The second-order valence-electron chi connectivity index (χ2n) is 6.32. The standard InChI is InChI=1S/C21H18Cl3N3OS/c22-21(23,24)19(27-20(29)25-16-10-2-1-3-11-16)26-18(28)13-15-9-6-8-14-7-4-5-12-17(14)15/h1-12,19H,13H2,(H,26,28)(H2,25,27,29)/t19-/m1/s1. The van der Waals surface area contributed by atoms with Gasteiger partial charge in [0.05, 0.1) is 6.42 Å². The molecule has 3 rings (SSSR count). The van der Waals surface area contributed by atoms with Gasteiger partial charge in [0.15, 0.2) is 5.11 Å². The summed E-state index contributed by atoms with van der Waals surface area (Å²) >= 11 is 23.4. The molecule has 3 aromatic rings. The van der Waals surface area contributed by atoms with Crippen molar-refractivity contribution in [2.75, 3.05) is 5.32 Å². The largest absolute Gasteiger partial charge is 0.339 e. The predicted octanol–water partition coefficient (Wildman–Crippen LogP) is 5.18. The van der Waals surface area contributed by atoms with Crippen LogP contribution in [0.15, 0.2) is 72.8 Å². The summed E-state index contributed by atoms with van der Waals surface area (Å²) < 4.78 is -1.81. The smallest absolute Gasteiger partial charge is 0.228 e. The molecule has 0 saturated carbocycles. The Hall–Kier alpha value is -2.05. The van der Waals surface area contributed by atoms with Gasteiger partial charge in [-0.15, -0.1) is 0 Å².